The summed E-state index contributed by atoms with van der Waals surface area (Å²) in [6.45, 7) is 7.16. The maximum absolute atomic E-state index is 2.41. The molecule has 0 amide bonds. The van der Waals surface area contributed by atoms with Crippen LogP contribution in [0.25, 0.3) is 0 Å². The molecular weight excluding hydrogens is 132 g/mol. The van der Waals surface area contributed by atoms with Gasteiger partial charge in [-0.3, -0.25) is 0 Å². The summed E-state index contributed by atoms with van der Waals surface area (Å²) in [6, 6.07) is 0. The molecule has 1 aliphatic carbocycles. The third kappa shape index (κ3) is 2.84. The molecule has 0 aromatic carbocycles. The van der Waals surface area contributed by atoms with Crippen molar-refractivity contribution >= 4 is 0 Å². The van der Waals surface area contributed by atoms with Crippen LogP contribution in [-0.4, -0.2) is 0 Å². The van der Waals surface area contributed by atoms with Gasteiger partial charge in [-0.25, -0.2) is 0 Å². The fraction of sp³-hybridized carbons (Fsp3) is 1.00. The normalized spacial score (nSPS) is 33.8. The Bertz CT molecular complexity index is 105. The molecular formula is C11H22. The minimum absolute atomic E-state index is 0.917. The Balaban J connectivity index is 2.34. The number of hydrogen-bond acceptors (Lipinski definition) is 0. The van der Waals surface area contributed by atoms with E-state index in [2.05, 4.69) is 20.8 Å². The highest BCUT2D eigenvalue weighted by Gasteiger charge is 2.18. The zero-order chi connectivity index (χ0) is 8.27. The van der Waals surface area contributed by atoms with Crippen molar-refractivity contribution in [3.63, 3.8) is 0 Å². The second-order valence-corrected chi connectivity index (χ2v) is 4.62. The monoisotopic (exact) mass is 154 g/mol. The predicted octanol–water partition coefficient (Wildman–Crippen LogP) is 3.86. The second kappa shape index (κ2) is 4.13. The van der Waals surface area contributed by atoms with Crippen LogP contribution in [0.1, 0.15) is 52.9 Å². The lowest BCUT2D eigenvalue weighted by atomic mass is 9.89. The van der Waals surface area contributed by atoms with Crippen molar-refractivity contribution in [2.45, 2.75) is 52.9 Å². The van der Waals surface area contributed by atoms with Crippen molar-refractivity contribution < 1.29 is 0 Å². The molecule has 0 nitrogen and oxygen atoms in total. The lowest BCUT2D eigenvalue weighted by Crippen LogP contribution is -2.06. The van der Waals surface area contributed by atoms with Gasteiger partial charge in [-0.2, -0.15) is 0 Å². The summed E-state index contributed by atoms with van der Waals surface area (Å²) in [6.07, 6.45) is 7.40. The highest BCUT2D eigenvalue weighted by molar-refractivity contribution is 4.70. The molecule has 0 aromatic heterocycles. The smallest absolute Gasteiger partial charge is 0.0391 e. The first kappa shape index (κ1) is 9.09. The minimum Gasteiger partial charge on any atom is -0.0625 e. The molecule has 1 fully saturated rings. The molecule has 2 atom stereocenters. The van der Waals surface area contributed by atoms with Gasteiger partial charge in [-0.1, -0.05) is 46.5 Å². The Labute approximate surface area is 71.4 Å². The van der Waals surface area contributed by atoms with Gasteiger partial charge in [0.2, 0.25) is 0 Å². The summed E-state index contributed by atoms with van der Waals surface area (Å²) in [5.41, 5.74) is 0. The first-order chi connectivity index (χ1) is 5.20. The van der Waals surface area contributed by atoms with Crippen molar-refractivity contribution in [2.24, 2.45) is 17.8 Å². The quantitative estimate of drug-likeness (QED) is 0.503. The van der Waals surface area contributed by atoms with Crippen LogP contribution in [0.2, 0.25) is 0 Å². The molecule has 1 aliphatic rings. The molecule has 1 saturated carbocycles. The Kier molecular flexibility index (Phi) is 3.42. The van der Waals surface area contributed by atoms with E-state index in [1.54, 1.807) is 0 Å². The highest BCUT2D eigenvalue weighted by Crippen LogP contribution is 2.31. The second-order valence-electron chi connectivity index (χ2n) is 4.62. The highest BCUT2D eigenvalue weighted by atomic mass is 14.2. The molecule has 1 rings (SSSR count). The Morgan fingerprint density at radius 2 is 1.73 bits per heavy atom. The van der Waals surface area contributed by atoms with Gasteiger partial charge in [0.25, 0.3) is 0 Å². The van der Waals surface area contributed by atoms with E-state index in [-0.39, 0.29) is 0 Å². The van der Waals surface area contributed by atoms with Crippen molar-refractivity contribution in [1.82, 2.24) is 0 Å². The lowest BCUT2D eigenvalue weighted by molar-refractivity contribution is 0.338. The molecule has 0 N–H and O–H groups in total. The first-order valence-corrected chi connectivity index (χ1v) is 5.20. The van der Waals surface area contributed by atoms with E-state index < -0.39 is 0 Å². The van der Waals surface area contributed by atoms with Gasteiger partial charge in [0, 0.05) is 0 Å². The summed E-state index contributed by atoms with van der Waals surface area (Å²) in [5.74, 6) is 2.94. The van der Waals surface area contributed by atoms with Crippen LogP contribution in [0.4, 0.5) is 0 Å². The van der Waals surface area contributed by atoms with Crippen LogP contribution >= 0.6 is 0 Å². The van der Waals surface area contributed by atoms with Crippen molar-refractivity contribution in [1.29, 1.82) is 0 Å². The molecule has 0 spiro atoms. The van der Waals surface area contributed by atoms with E-state index in [9.17, 15) is 0 Å². The van der Waals surface area contributed by atoms with Gasteiger partial charge in [0.1, 0.15) is 0 Å². The van der Waals surface area contributed by atoms with E-state index in [4.69, 9.17) is 0 Å². The number of rotatable bonds is 1. The molecule has 0 heteroatoms. The van der Waals surface area contributed by atoms with Crippen LogP contribution in [0, 0.1) is 17.8 Å². The molecule has 0 heterocycles. The molecule has 1 unspecified atom stereocenters. The third-order valence-electron chi connectivity index (χ3n) is 3.24. The standard InChI is InChI=1S/C11H22/c1-9(2)11-6-4-5-10(3)7-8-11/h9-11H,4-8H2,1-3H3/t10-,11?/m0/s1. The topological polar surface area (TPSA) is 0 Å². The molecule has 11 heavy (non-hydrogen) atoms. The average Bonchev–Trinajstić information content (AvgIpc) is 2.13. The Morgan fingerprint density at radius 1 is 1.00 bits per heavy atom. The number of hydrogen-bond donors (Lipinski definition) is 0. The summed E-state index contributed by atoms with van der Waals surface area (Å²) in [7, 11) is 0. The van der Waals surface area contributed by atoms with Crippen molar-refractivity contribution in [3.8, 4) is 0 Å². The largest absolute Gasteiger partial charge is 0.0625 e. The maximum atomic E-state index is 2.41. The third-order valence-corrected chi connectivity index (χ3v) is 3.24. The van der Waals surface area contributed by atoms with Crippen molar-refractivity contribution in [3.05, 3.63) is 0 Å². The zero-order valence-corrected chi connectivity index (χ0v) is 8.27. The lowest BCUT2D eigenvalue weighted by Gasteiger charge is -2.17. The molecule has 0 bridgehead atoms. The van der Waals surface area contributed by atoms with E-state index in [0.717, 1.165) is 17.8 Å². The van der Waals surface area contributed by atoms with Crippen LogP contribution in [0.15, 0.2) is 0 Å². The van der Waals surface area contributed by atoms with Crippen LogP contribution in [0.5, 0.6) is 0 Å². The summed E-state index contributed by atoms with van der Waals surface area (Å²) in [5, 5.41) is 0. The van der Waals surface area contributed by atoms with E-state index in [1.165, 1.54) is 32.1 Å². The van der Waals surface area contributed by atoms with E-state index in [1.807, 2.05) is 0 Å². The molecule has 0 aromatic rings. The van der Waals surface area contributed by atoms with Gasteiger partial charge in [0.05, 0.1) is 0 Å². The van der Waals surface area contributed by atoms with Crippen molar-refractivity contribution in [2.75, 3.05) is 0 Å². The van der Waals surface area contributed by atoms with Crippen LogP contribution in [-0.2, 0) is 0 Å². The Hall–Kier alpha value is 0. The average molecular weight is 154 g/mol. The molecule has 66 valence electrons. The van der Waals surface area contributed by atoms with E-state index in [0.29, 0.717) is 0 Å². The SMILES string of the molecule is CC(C)C1CCC[C@H](C)CC1. The fourth-order valence-electron chi connectivity index (χ4n) is 2.18. The van der Waals surface area contributed by atoms with Crippen LogP contribution in [0.3, 0.4) is 0 Å². The molecule has 0 saturated heterocycles. The summed E-state index contributed by atoms with van der Waals surface area (Å²) < 4.78 is 0. The minimum atomic E-state index is 0.917. The Morgan fingerprint density at radius 3 is 2.36 bits per heavy atom. The van der Waals surface area contributed by atoms with Gasteiger partial charge in [-0.05, 0) is 24.2 Å². The van der Waals surface area contributed by atoms with Gasteiger partial charge < -0.3 is 0 Å². The maximum Gasteiger partial charge on any atom is -0.0391 e. The van der Waals surface area contributed by atoms with E-state index >= 15 is 0 Å². The predicted molar refractivity (Wildman–Crippen MR) is 50.6 cm³/mol. The summed E-state index contributed by atoms with van der Waals surface area (Å²) >= 11 is 0. The fourth-order valence-corrected chi connectivity index (χ4v) is 2.18. The first-order valence-electron chi connectivity index (χ1n) is 5.20. The van der Waals surface area contributed by atoms with Gasteiger partial charge in [0.15, 0.2) is 0 Å². The molecule has 0 aliphatic heterocycles. The molecule has 0 radical (unpaired) electrons. The zero-order valence-electron chi connectivity index (χ0n) is 8.27. The van der Waals surface area contributed by atoms with Crippen LogP contribution < -0.4 is 0 Å². The van der Waals surface area contributed by atoms with Gasteiger partial charge in [-0.15, -0.1) is 0 Å². The summed E-state index contributed by atoms with van der Waals surface area (Å²) in [4.78, 5) is 0. The van der Waals surface area contributed by atoms with Gasteiger partial charge >= 0.3 is 0 Å².